The van der Waals surface area contributed by atoms with Gasteiger partial charge in [-0.1, -0.05) is 5.16 Å². The number of piperidine rings is 1. The monoisotopic (exact) mass is 217 g/mol. The van der Waals surface area contributed by atoms with Gasteiger partial charge in [0, 0.05) is 12.8 Å². The largest absolute Gasteiger partial charge is 0.333 e. The number of rotatable bonds is 2. The second-order valence-electron chi connectivity index (χ2n) is 3.87. The number of alkyl halides is 2. The minimum absolute atomic E-state index is 0.145. The lowest BCUT2D eigenvalue weighted by molar-refractivity contribution is -0.0158. The molecule has 1 aliphatic heterocycles. The molecule has 0 atom stereocenters. The lowest BCUT2D eigenvalue weighted by Gasteiger charge is -2.19. The second kappa shape index (κ2) is 3.84. The van der Waals surface area contributed by atoms with E-state index in [9.17, 15) is 8.78 Å². The first-order valence-corrected chi connectivity index (χ1v) is 5.00. The molecule has 1 aromatic rings. The molecule has 0 amide bonds. The molecular weight excluding hydrogens is 204 g/mol. The average Bonchev–Trinajstić information content (AvgIpc) is 2.67. The zero-order valence-electron chi connectivity index (χ0n) is 8.46. The summed E-state index contributed by atoms with van der Waals surface area (Å²) in [5.41, 5.74) is 0. The van der Waals surface area contributed by atoms with Crippen LogP contribution in [0.3, 0.4) is 0 Å². The van der Waals surface area contributed by atoms with Gasteiger partial charge in [-0.3, -0.25) is 0 Å². The van der Waals surface area contributed by atoms with Gasteiger partial charge in [-0.2, -0.15) is 13.8 Å². The smallest absolute Gasteiger partial charge is 0.322 e. The molecule has 6 heteroatoms. The van der Waals surface area contributed by atoms with Crippen LogP contribution in [0.1, 0.15) is 37.4 Å². The highest BCUT2D eigenvalue weighted by molar-refractivity contribution is 4.99. The SMILES string of the molecule is CC(F)(F)c1nc(C2CCNCC2)no1. The maximum atomic E-state index is 12.8. The molecule has 0 unspecified atom stereocenters. The summed E-state index contributed by atoms with van der Waals surface area (Å²) in [5.74, 6) is -3.08. The van der Waals surface area contributed by atoms with Gasteiger partial charge < -0.3 is 9.84 Å². The molecule has 0 saturated carbocycles. The maximum Gasteiger partial charge on any atom is 0.322 e. The Labute approximate surface area is 86.0 Å². The lowest BCUT2D eigenvalue weighted by Crippen LogP contribution is -2.27. The van der Waals surface area contributed by atoms with E-state index in [1.807, 2.05) is 0 Å². The zero-order chi connectivity index (χ0) is 10.9. The van der Waals surface area contributed by atoms with Crippen LogP contribution in [0.5, 0.6) is 0 Å². The van der Waals surface area contributed by atoms with Crippen LogP contribution >= 0.6 is 0 Å². The molecule has 0 bridgehead atoms. The summed E-state index contributed by atoms with van der Waals surface area (Å²) in [6.07, 6.45) is 1.74. The first-order chi connectivity index (χ1) is 7.07. The van der Waals surface area contributed by atoms with Gasteiger partial charge in [0.15, 0.2) is 5.82 Å². The van der Waals surface area contributed by atoms with E-state index in [-0.39, 0.29) is 5.92 Å². The molecule has 0 radical (unpaired) electrons. The zero-order valence-corrected chi connectivity index (χ0v) is 8.46. The van der Waals surface area contributed by atoms with Crippen molar-refractivity contribution in [3.63, 3.8) is 0 Å². The van der Waals surface area contributed by atoms with E-state index in [1.165, 1.54) is 0 Å². The van der Waals surface area contributed by atoms with Crippen LogP contribution in [0.2, 0.25) is 0 Å². The second-order valence-corrected chi connectivity index (χ2v) is 3.87. The van der Waals surface area contributed by atoms with Gasteiger partial charge in [0.05, 0.1) is 0 Å². The molecule has 1 fully saturated rings. The molecule has 0 aliphatic carbocycles. The first-order valence-electron chi connectivity index (χ1n) is 5.00. The number of nitrogens with zero attached hydrogens (tertiary/aromatic N) is 2. The summed E-state index contributed by atoms with van der Waals surface area (Å²) < 4.78 is 30.2. The molecule has 84 valence electrons. The fourth-order valence-electron chi connectivity index (χ4n) is 1.66. The van der Waals surface area contributed by atoms with Crippen LogP contribution < -0.4 is 5.32 Å². The Balaban J connectivity index is 2.12. The van der Waals surface area contributed by atoms with Crippen molar-refractivity contribution in [3.05, 3.63) is 11.7 Å². The van der Waals surface area contributed by atoms with E-state index < -0.39 is 11.8 Å². The molecule has 2 rings (SSSR count). The summed E-state index contributed by atoms with van der Waals surface area (Å²) >= 11 is 0. The quantitative estimate of drug-likeness (QED) is 0.818. The van der Waals surface area contributed by atoms with Crippen LogP contribution in [0.25, 0.3) is 0 Å². The van der Waals surface area contributed by atoms with Gasteiger partial charge in [-0.25, -0.2) is 0 Å². The first kappa shape index (κ1) is 10.5. The normalized spacial score (nSPS) is 19.4. The summed E-state index contributed by atoms with van der Waals surface area (Å²) in [6.45, 7) is 2.50. The van der Waals surface area contributed by atoms with Crippen molar-refractivity contribution in [1.82, 2.24) is 15.5 Å². The van der Waals surface area contributed by atoms with Crippen LogP contribution in [0.15, 0.2) is 4.52 Å². The standard InChI is InChI=1S/C9H13F2N3O/c1-9(10,11)8-13-7(14-15-8)6-2-4-12-5-3-6/h6,12H,2-5H2,1H3. The fourth-order valence-corrected chi connectivity index (χ4v) is 1.66. The Hall–Kier alpha value is -1.04. The molecule has 1 aliphatic rings. The van der Waals surface area contributed by atoms with E-state index in [4.69, 9.17) is 0 Å². The summed E-state index contributed by atoms with van der Waals surface area (Å²) in [6, 6.07) is 0. The molecule has 15 heavy (non-hydrogen) atoms. The van der Waals surface area contributed by atoms with Crippen molar-refractivity contribution in [1.29, 1.82) is 0 Å². The third kappa shape index (κ3) is 2.31. The Morgan fingerprint density at radius 3 is 2.60 bits per heavy atom. The summed E-state index contributed by atoms with van der Waals surface area (Å²) in [7, 11) is 0. The van der Waals surface area contributed by atoms with Crippen molar-refractivity contribution in [3.8, 4) is 0 Å². The van der Waals surface area contributed by atoms with E-state index >= 15 is 0 Å². The lowest BCUT2D eigenvalue weighted by atomic mass is 9.98. The predicted octanol–water partition coefficient (Wildman–Crippen LogP) is 1.65. The highest BCUT2D eigenvalue weighted by atomic mass is 19.3. The third-order valence-corrected chi connectivity index (χ3v) is 2.52. The van der Waals surface area contributed by atoms with Crippen LogP contribution in [0, 0.1) is 0 Å². The van der Waals surface area contributed by atoms with E-state index in [0.717, 1.165) is 32.9 Å². The highest BCUT2D eigenvalue weighted by Gasteiger charge is 2.33. The van der Waals surface area contributed by atoms with Crippen molar-refractivity contribution in [2.24, 2.45) is 0 Å². The van der Waals surface area contributed by atoms with Crippen molar-refractivity contribution in [2.75, 3.05) is 13.1 Å². The molecule has 2 heterocycles. The van der Waals surface area contributed by atoms with Crippen LogP contribution in [-0.2, 0) is 5.92 Å². The maximum absolute atomic E-state index is 12.8. The van der Waals surface area contributed by atoms with Crippen LogP contribution in [-0.4, -0.2) is 23.2 Å². The number of hydrogen-bond acceptors (Lipinski definition) is 4. The van der Waals surface area contributed by atoms with E-state index in [0.29, 0.717) is 5.82 Å². The fraction of sp³-hybridized carbons (Fsp3) is 0.778. The van der Waals surface area contributed by atoms with E-state index in [1.54, 1.807) is 0 Å². The Bertz CT molecular complexity index is 328. The Morgan fingerprint density at radius 2 is 2.07 bits per heavy atom. The minimum Gasteiger partial charge on any atom is -0.333 e. The van der Waals surface area contributed by atoms with Gasteiger partial charge in [0.2, 0.25) is 0 Å². The van der Waals surface area contributed by atoms with Crippen molar-refractivity contribution in [2.45, 2.75) is 31.6 Å². The topological polar surface area (TPSA) is 51.0 Å². The Morgan fingerprint density at radius 1 is 1.40 bits per heavy atom. The summed E-state index contributed by atoms with van der Waals surface area (Å²) in [4.78, 5) is 3.75. The molecule has 4 nitrogen and oxygen atoms in total. The van der Waals surface area contributed by atoms with Gasteiger partial charge in [-0.05, 0) is 25.9 Å². The van der Waals surface area contributed by atoms with Gasteiger partial charge >= 0.3 is 5.92 Å². The van der Waals surface area contributed by atoms with Gasteiger partial charge in [0.25, 0.3) is 5.89 Å². The number of hydrogen-bond donors (Lipinski definition) is 1. The average molecular weight is 217 g/mol. The number of nitrogens with one attached hydrogen (secondary N) is 1. The number of aromatic nitrogens is 2. The number of halogens is 2. The molecule has 0 spiro atoms. The predicted molar refractivity (Wildman–Crippen MR) is 48.7 cm³/mol. The Kier molecular flexibility index (Phi) is 2.68. The molecule has 1 saturated heterocycles. The molecule has 1 N–H and O–H groups in total. The molecule has 1 aromatic heterocycles. The van der Waals surface area contributed by atoms with Crippen molar-refractivity contribution >= 4 is 0 Å². The minimum atomic E-state index is -3.04. The third-order valence-electron chi connectivity index (χ3n) is 2.52. The van der Waals surface area contributed by atoms with Gasteiger partial charge in [0.1, 0.15) is 0 Å². The van der Waals surface area contributed by atoms with Crippen molar-refractivity contribution < 1.29 is 13.3 Å². The highest BCUT2D eigenvalue weighted by Crippen LogP contribution is 2.28. The summed E-state index contributed by atoms with van der Waals surface area (Å²) in [5, 5.41) is 6.80. The van der Waals surface area contributed by atoms with Crippen LogP contribution in [0.4, 0.5) is 8.78 Å². The van der Waals surface area contributed by atoms with Gasteiger partial charge in [-0.15, -0.1) is 0 Å². The molecular formula is C9H13F2N3O. The molecule has 0 aromatic carbocycles. The van der Waals surface area contributed by atoms with E-state index in [2.05, 4.69) is 20.0 Å².